The van der Waals surface area contributed by atoms with Crippen LogP contribution in [0.2, 0.25) is 0 Å². The highest BCUT2D eigenvalue weighted by molar-refractivity contribution is 5.84. The summed E-state index contributed by atoms with van der Waals surface area (Å²) in [6.45, 7) is 8.20. The topological polar surface area (TPSA) is 67.3 Å². The zero-order chi connectivity index (χ0) is 18.8. The van der Waals surface area contributed by atoms with Crippen LogP contribution < -0.4 is 17.0 Å². The molecular weight excluding hydrogens is 315 g/mol. The van der Waals surface area contributed by atoms with Gasteiger partial charge in [0, 0.05) is 12.6 Å². The molecule has 0 radical (unpaired) electrons. The molecule has 0 saturated carbocycles. The average molecular weight is 338 g/mol. The molecule has 0 atom stereocenters. The van der Waals surface area contributed by atoms with E-state index in [9.17, 15) is 4.39 Å². The third-order valence-electron chi connectivity index (χ3n) is 3.44. The van der Waals surface area contributed by atoms with Crippen molar-refractivity contribution in [3.8, 4) is 12.3 Å². The molecule has 0 aliphatic carbocycles. The maximum Gasteiger partial charge on any atom is 0.125 e. The van der Waals surface area contributed by atoms with E-state index < -0.39 is 0 Å². The van der Waals surface area contributed by atoms with E-state index in [4.69, 9.17) is 18.0 Å². The number of benzene rings is 1. The van der Waals surface area contributed by atoms with Gasteiger partial charge in [-0.2, -0.15) is 0 Å². The van der Waals surface area contributed by atoms with Gasteiger partial charge in [0.2, 0.25) is 0 Å². The monoisotopic (exact) mass is 338 g/mol. The Labute approximate surface area is 148 Å². The molecule has 130 valence electrons. The van der Waals surface area contributed by atoms with Gasteiger partial charge in [-0.15, -0.1) is 6.42 Å². The summed E-state index contributed by atoms with van der Waals surface area (Å²) in [4.78, 5) is 1.77. The molecule has 0 spiro atoms. The average Bonchev–Trinajstić information content (AvgIpc) is 2.59. The Bertz CT molecular complexity index is 749. The van der Waals surface area contributed by atoms with Gasteiger partial charge in [0.1, 0.15) is 11.6 Å². The molecule has 0 fully saturated rings. The highest BCUT2D eigenvalue weighted by Crippen LogP contribution is 2.31. The second-order valence-corrected chi connectivity index (χ2v) is 5.13. The first-order chi connectivity index (χ1) is 12.0. The number of allylic oxidation sites excluding steroid dienone is 6. The summed E-state index contributed by atoms with van der Waals surface area (Å²) in [5, 5.41) is 0. The van der Waals surface area contributed by atoms with E-state index in [2.05, 4.69) is 24.5 Å². The number of nitrogens with two attached hydrogens (primary N) is 2. The molecule has 0 unspecified atom stereocenters. The summed E-state index contributed by atoms with van der Waals surface area (Å²) in [6.07, 6.45) is 11.9. The van der Waals surface area contributed by atoms with Crippen LogP contribution in [0.25, 0.3) is 5.57 Å². The van der Waals surface area contributed by atoms with Crippen LogP contribution in [0.1, 0.15) is 5.56 Å². The fourth-order valence-corrected chi connectivity index (χ4v) is 2.29. The van der Waals surface area contributed by atoms with Gasteiger partial charge in [0.25, 0.3) is 0 Å². The van der Waals surface area contributed by atoms with Gasteiger partial charge in [-0.1, -0.05) is 43.4 Å². The highest BCUT2D eigenvalue weighted by atomic mass is 19.1. The van der Waals surface area contributed by atoms with Crippen LogP contribution in [0.4, 0.5) is 4.39 Å². The molecule has 0 saturated heterocycles. The van der Waals surface area contributed by atoms with Gasteiger partial charge in [0.05, 0.1) is 6.54 Å². The molecule has 1 aromatic rings. The number of rotatable bonds is 8. The molecule has 5 heteroatoms. The lowest BCUT2D eigenvalue weighted by atomic mass is 9.92. The lowest BCUT2D eigenvalue weighted by Gasteiger charge is -2.25. The van der Waals surface area contributed by atoms with Gasteiger partial charge in [-0.3, -0.25) is 0 Å². The number of terminal acetylenes is 1. The predicted octanol–water partition coefficient (Wildman–Crippen LogP) is 2.66. The number of nitrogens with zero attached hydrogens (tertiary/aromatic N) is 1. The van der Waals surface area contributed by atoms with Crippen LogP contribution in [0.15, 0.2) is 78.8 Å². The quantitative estimate of drug-likeness (QED) is 0.295. The standard InChI is InChI=1S/C20H23FN4/c1-5-7-17(12-13-22)19(20(24-23)25(4)14-6-2)15(3)16-8-10-18(21)11-9-16/h2,5,7-13,24H,1,3,14,22-23H2,4H3/b13-12-,17-7?,20-19-. The van der Waals surface area contributed by atoms with Crippen molar-refractivity contribution in [3.63, 3.8) is 0 Å². The van der Waals surface area contributed by atoms with E-state index in [-0.39, 0.29) is 5.82 Å². The predicted molar refractivity (Wildman–Crippen MR) is 103 cm³/mol. The van der Waals surface area contributed by atoms with E-state index in [0.717, 1.165) is 11.1 Å². The number of halogens is 1. The van der Waals surface area contributed by atoms with Crippen LogP contribution in [-0.2, 0) is 0 Å². The molecule has 0 bridgehead atoms. The van der Waals surface area contributed by atoms with E-state index in [1.165, 1.54) is 18.3 Å². The number of nitrogens with one attached hydrogen (secondary N) is 1. The number of hydrogen-bond donors (Lipinski definition) is 3. The van der Waals surface area contributed by atoms with Gasteiger partial charge in [0.15, 0.2) is 0 Å². The Morgan fingerprint density at radius 1 is 1.40 bits per heavy atom. The minimum absolute atomic E-state index is 0.326. The van der Waals surface area contributed by atoms with Crippen LogP contribution >= 0.6 is 0 Å². The van der Waals surface area contributed by atoms with E-state index in [0.29, 0.717) is 23.5 Å². The molecule has 0 aliphatic rings. The summed E-state index contributed by atoms with van der Waals surface area (Å²) in [5.74, 6) is 8.54. The van der Waals surface area contributed by atoms with E-state index in [1.54, 1.807) is 42.3 Å². The van der Waals surface area contributed by atoms with Crippen molar-refractivity contribution >= 4 is 5.57 Å². The Morgan fingerprint density at radius 2 is 2.04 bits per heavy atom. The zero-order valence-corrected chi connectivity index (χ0v) is 14.3. The molecule has 0 aromatic heterocycles. The van der Waals surface area contributed by atoms with Gasteiger partial charge < -0.3 is 16.1 Å². The van der Waals surface area contributed by atoms with Crippen LogP contribution in [-0.4, -0.2) is 18.5 Å². The van der Waals surface area contributed by atoms with Crippen molar-refractivity contribution in [1.82, 2.24) is 10.3 Å². The largest absolute Gasteiger partial charge is 0.405 e. The minimum atomic E-state index is -0.326. The first-order valence-corrected chi connectivity index (χ1v) is 7.52. The summed E-state index contributed by atoms with van der Waals surface area (Å²) >= 11 is 0. The zero-order valence-electron chi connectivity index (χ0n) is 14.3. The van der Waals surface area contributed by atoms with Crippen molar-refractivity contribution in [3.05, 3.63) is 90.2 Å². The Hall–Kier alpha value is -3.23. The van der Waals surface area contributed by atoms with Crippen molar-refractivity contribution < 1.29 is 4.39 Å². The lowest BCUT2D eigenvalue weighted by molar-refractivity contribution is 0.428. The molecule has 0 heterocycles. The van der Waals surface area contributed by atoms with Crippen LogP contribution in [0.5, 0.6) is 0 Å². The highest BCUT2D eigenvalue weighted by Gasteiger charge is 2.17. The molecule has 25 heavy (non-hydrogen) atoms. The number of hydrogen-bond acceptors (Lipinski definition) is 4. The minimum Gasteiger partial charge on any atom is -0.405 e. The van der Waals surface area contributed by atoms with Crippen molar-refractivity contribution in [2.24, 2.45) is 11.6 Å². The molecule has 0 aliphatic heterocycles. The Balaban J connectivity index is 3.63. The fraction of sp³-hybridized carbons (Fsp3) is 0.100. The van der Waals surface area contributed by atoms with E-state index in [1.807, 2.05) is 0 Å². The third kappa shape index (κ3) is 5.13. The smallest absolute Gasteiger partial charge is 0.125 e. The Morgan fingerprint density at radius 3 is 2.52 bits per heavy atom. The van der Waals surface area contributed by atoms with Crippen LogP contribution in [0.3, 0.4) is 0 Å². The first kappa shape index (κ1) is 19.8. The maximum atomic E-state index is 13.2. The van der Waals surface area contributed by atoms with Crippen LogP contribution in [0, 0.1) is 18.2 Å². The molecule has 0 amide bonds. The third-order valence-corrected chi connectivity index (χ3v) is 3.44. The Kier molecular flexibility index (Phi) is 7.77. The van der Waals surface area contributed by atoms with Gasteiger partial charge in [-0.05, 0) is 41.1 Å². The SMILES string of the molecule is C#CCN(C)/C(NN)=C(/C(=C)c1ccc(F)cc1)C(=CC=C)/C=C\N. The molecule has 4 nitrogen and oxygen atoms in total. The van der Waals surface area contributed by atoms with Crippen molar-refractivity contribution in [2.75, 3.05) is 13.6 Å². The first-order valence-electron chi connectivity index (χ1n) is 7.52. The lowest BCUT2D eigenvalue weighted by Crippen LogP contribution is -2.35. The fourth-order valence-electron chi connectivity index (χ4n) is 2.29. The summed E-state index contributed by atoms with van der Waals surface area (Å²) in [7, 11) is 1.80. The molecule has 1 aromatic carbocycles. The normalized spacial score (nSPS) is 12.3. The van der Waals surface area contributed by atoms with Gasteiger partial charge >= 0.3 is 0 Å². The summed E-state index contributed by atoms with van der Waals surface area (Å²) in [5.41, 5.74) is 11.0. The maximum absolute atomic E-state index is 13.2. The van der Waals surface area contributed by atoms with Gasteiger partial charge in [-0.25, -0.2) is 10.2 Å². The summed E-state index contributed by atoms with van der Waals surface area (Å²) < 4.78 is 13.2. The molecule has 5 N–H and O–H groups in total. The molecular formula is C20H23FN4. The number of hydrazine groups is 1. The second-order valence-electron chi connectivity index (χ2n) is 5.13. The summed E-state index contributed by atoms with van der Waals surface area (Å²) in [6, 6.07) is 6.03. The molecule has 1 rings (SSSR count). The van der Waals surface area contributed by atoms with Crippen molar-refractivity contribution in [2.45, 2.75) is 0 Å². The second kappa shape index (κ2) is 9.81. The van der Waals surface area contributed by atoms with Crippen molar-refractivity contribution in [1.29, 1.82) is 0 Å². The van der Waals surface area contributed by atoms with E-state index >= 15 is 0 Å².